The van der Waals surface area contributed by atoms with Gasteiger partial charge in [-0.15, -0.1) is 11.3 Å². The second kappa shape index (κ2) is 4.13. The highest BCUT2D eigenvalue weighted by Gasteiger charge is 2.08. The summed E-state index contributed by atoms with van der Waals surface area (Å²) in [5.41, 5.74) is 8.66. The molecule has 0 aliphatic carbocycles. The van der Waals surface area contributed by atoms with Gasteiger partial charge in [-0.2, -0.15) is 0 Å². The molecule has 84 valence electrons. The lowest BCUT2D eigenvalue weighted by atomic mass is 10.2. The molecule has 0 fully saturated rings. The van der Waals surface area contributed by atoms with Crippen molar-refractivity contribution in [2.45, 2.75) is 0 Å². The second-order valence-corrected chi connectivity index (χ2v) is 5.61. The SMILES string of the molecule is Nc1ccc2nc(-c3ccccc3Br)sc2c1. The van der Waals surface area contributed by atoms with Gasteiger partial charge in [-0.05, 0) is 24.3 Å². The number of nitrogens with two attached hydrogens (primary N) is 1. The predicted octanol–water partition coefficient (Wildman–Crippen LogP) is 4.31. The molecule has 0 saturated carbocycles. The summed E-state index contributed by atoms with van der Waals surface area (Å²) in [7, 11) is 0. The normalized spacial score (nSPS) is 10.9. The van der Waals surface area contributed by atoms with Gasteiger partial charge in [0.1, 0.15) is 5.01 Å². The minimum Gasteiger partial charge on any atom is -0.399 e. The van der Waals surface area contributed by atoms with Crippen LogP contribution in [0.5, 0.6) is 0 Å². The molecule has 0 bridgehead atoms. The van der Waals surface area contributed by atoms with E-state index in [9.17, 15) is 0 Å². The molecule has 17 heavy (non-hydrogen) atoms. The van der Waals surface area contributed by atoms with E-state index < -0.39 is 0 Å². The predicted molar refractivity (Wildman–Crippen MR) is 77.2 cm³/mol. The quantitative estimate of drug-likeness (QED) is 0.680. The Morgan fingerprint density at radius 1 is 1.12 bits per heavy atom. The van der Waals surface area contributed by atoms with E-state index in [4.69, 9.17) is 5.73 Å². The van der Waals surface area contributed by atoms with Gasteiger partial charge in [0, 0.05) is 15.7 Å². The molecule has 1 aromatic heterocycles. The van der Waals surface area contributed by atoms with Crippen LogP contribution in [0.2, 0.25) is 0 Å². The van der Waals surface area contributed by atoms with Gasteiger partial charge in [0.2, 0.25) is 0 Å². The first-order chi connectivity index (χ1) is 8.24. The van der Waals surface area contributed by atoms with Crippen LogP contribution >= 0.6 is 27.3 Å². The number of fused-ring (bicyclic) bond motifs is 1. The highest BCUT2D eigenvalue weighted by atomic mass is 79.9. The summed E-state index contributed by atoms with van der Waals surface area (Å²) in [4.78, 5) is 4.62. The molecule has 2 N–H and O–H groups in total. The van der Waals surface area contributed by atoms with Crippen molar-refractivity contribution in [3.05, 3.63) is 46.9 Å². The van der Waals surface area contributed by atoms with Crippen molar-refractivity contribution in [3.63, 3.8) is 0 Å². The zero-order valence-electron chi connectivity index (χ0n) is 8.85. The van der Waals surface area contributed by atoms with Gasteiger partial charge < -0.3 is 5.73 Å². The van der Waals surface area contributed by atoms with Gasteiger partial charge >= 0.3 is 0 Å². The minimum absolute atomic E-state index is 0.778. The largest absolute Gasteiger partial charge is 0.399 e. The highest BCUT2D eigenvalue weighted by molar-refractivity contribution is 9.10. The molecule has 3 rings (SSSR count). The monoisotopic (exact) mass is 304 g/mol. The molecule has 0 atom stereocenters. The highest BCUT2D eigenvalue weighted by Crippen LogP contribution is 2.34. The van der Waals surface area contributed by atoms with E-state index in [-0.39, 0.29) is 0 Å². The first-order valence-electron chi connectivity index (χ1n) is 5.15. The summed E-state index contributed by atoms with van der Waals surface area (Å²) in [5.74, 6) is 0. The topological polar surface area (TPSA) is 38.9 Å². The Hall–Kier alpha value is -1.39. The summed E-state index contributed by atoms with van der Waals surface area (Å²) >= 11 is 5.20. The first-order valence-corrected chi connectivity index (χ1v) is 6.76. The average molecular weight is 305 g/mol. The fourth-order valence-electron chi connectivity index (χ4n) is 1.69. The van der Waals surface area contributed by atoms with Crippen LogP contribution < -0.4 is 5.73 Å². The Morgan fingerprint density at radius 2 is 1.94 bits per heavy atom. The van der Waals surface area contributed by atoms with Crippen LogP contribution in [0.15, 0.2) is 46.9 Å². The van der Waals surface area contributed by atoms with Crippen molar-refractivity contribution in [1.82, 2.24) is 4.98 Å². The molecule has 2 nitrogen and oxygen atoms in total. The number of nitrogen functional groups attached to an aromatic ring is 1. The standard InChI is InChI=1S/C13H9BrN2S/c14-10-4-2-1-3-9(10)13-16-11-6-5-8(15)7-12(11)17-13/h1-7H,15H2. The molecule has 4 heteroatoms. The Kier molecular flexibility index (Phi) is 2.61. The molecule has 1 heterocycles. The maximum Gasteiger partial charge on any atom is 0.125 e. The van der Waals surface area contributed by atoms with Gasteiger partial charge in [-0.3, -0.25) is 0 Å². The lowest BCUT2D eigenvalue weighted by Gasteiger charge is -1.97. The number of halogens is 1. The molecule has 2 aromatic carbocycles. The van der Waals surface area contributed by atoms with Gasteiger partial charge in [0.05, 0.1) is 10.2 Å². The zero-order valence-corrected chi connectivity index (χ0v) is 11.3. The average Bonchev–Trinajstić information content (AvgIpc) is 2.72. The smallest absolute Gasteiger partial charge is 0.125 e. The molecule has 0 spiro atoms. The lowest BCUT2D eigenvalue weighted by Crippen LogP contribution is -1.81. The zero-order chi connectivity index (χ0) is 11.8. The fraction of sp³-hybridized carbons (Fsp3) is 0. The number of anilines is 1. The first kappa shape index (κ1) is 10.7. The van der Waals surface area contributed by atoms with Gasteiger partial charge in [0.25, 0.3) is 0 Å². The lowest BCUT2D eigenvalue weighted by molar-refractivity contribution is 1.46. The van der Waals surface area contributed by atoms with Gasteiger partial charge in [-0.1, -0.05) is 34.1 Å². The van der Waals surface area contributed by atoms with Gasteiger partial charge in [0.15, 0.2) is 0 Å². The Bertz CT molecular complexity index is 691. The third kappa shape index (κ3) is 1.94. The van der Waals surface area contributed by atoms with E-state index in [0.29, 0.717) is 0 Å². The summed E-state index contributed by atoms with van der Waals surface area (Å²) in [6.07, 6.45) is 0. The number of hydrogen-bond acceptors (Lipinski definition) is 3. The Morgan fingerprint density at radius 3 is 2.76 bits per heavy atom. The number of benzene rings is 2. The summed E-state index contributed by atoms with van der Waals surface area (Å²) < 4.78 is 2.18. The summed E-state index contributed by atoms with van der Waals surface area (Å²) in [5, 5.41) is 1.01. The van der Waals surface area contributed by atoms with Crippen molar-refractivity contribution in [2.75, 3.05) is 5.73 Å². The summed E-state index contributed by atoms with van der Waals surface area (Å²) in [6, 6.07) is 13.9. The number of aromatic nitrogens is 1. The van der Waals surface area contributed by atoms with E-state index in [1.807, 2.05) is 36.4 Å². The van der Waals surface area contributed by atoms with Crippen LogP contribution in [-0.2, 0) is 0 Å². The molecule has 0 aliphatic heterocycles. The van der Waals surface area contributed by atoms with Gasteiger partial charge in [-0.25, -0.2) is 4.98 Å². The molecular formula is C13H9BrN2S. The van der Waals surface area contributed by atoms with E-state index in [1.54, 1.807) is 11.3 Å². The maximum atomic E-state index is 5.77. The number of nitrogens with zero attached hydrogens (tertiary/aromatic N) is 1. The molecule has 0 saturated heterocycles. The van der Waals surface area contributed by atoms with Crippen LogP contribution in [0.3, 0.4) is 0 Å². The number of thiazole rings is 1. The molecule has 0 aliphatic rings. The van der Waals surface area contributed by atoms with Crippen LogP contribution in [-0.4, -0.2) is 4.98 Å². The van der Waals surface area contributed by atoms with Crippen molar-refractivity contribution in [1.29, 1.82) is 0 Å². The third-order valence-electron chi connectivity index (χ3n) is 2.52. The molecule has 0 amide bonds. The number of rotatable bonds is 1. The Labute approximate surface area is 111 Å². The van der Waals surface area contributed by atoms with E-state index in [1.165, 1.54) is 0 Å². The molecule has 0 unspecified atom stereocenters. The Balaban J connectivity index is 2.22. The van der Waals surface area contributed by atoms with Crippen LogP contribution in [0.25, 0.3) is 20.8 Å². The van der Waals surface area contributed by atoms with Crippen LogP contribution in [0.1, 0.15) is 0 Å². The van der Waals surface area contributed by atoms with Crippen molar-refractivity contribution < 1.29 is 0 Å². The van der Waals surface area contributed by atoms with Crippen LogP contribution in [0.4, 0.5) is 5.69 Å². The van der Waals surface area contributed by atoms with Crippen LogP contribution in [0, 0.1) is 0 Å². The maximum absolute atomic E-state index is 5.77. The van der Waals surface area contributed by atoms with E-state index in [2.05, 4.69) is 27.0 Å². The van der Waals surface area contributed by atoms with Crippen molar-refractivity contribution >= 4 is 43.2 Å². The van der Waals surface area contributed by atoms with E-state index in [0.717, 1.165) is 30.9 Å². The minimum atomic E-state index is 0.778. The van der Waals surface area contributed by atoms with Crippen molar-refractivity contribution in [2.24, 2.45) is 0 Å². The molecular weight excluding hydrogens is 296 g/mol. The molecule has 0 radical (unpaired) electrons. The fourth-order valence-corrected chi connectivity index (χ4v) is 3.35. The van der Waals surface area contributed by atoms with Crippen molar-refractivity contribution in [3.8, 4) is 10.6 Å². The third-order valence-corrected chi connectivity index (χ3v) is 4.26. The van der Waals surface area contributed by atoms with E-state index >= 15 is 0 Å². The second-order valence-electron chi connectivity index (χ2n) is 3.73. The number of hydrogen-bond donors (Lipinski definition) is 1. The molecule has 3 aromatic rings. The summed E-state index contributed by atoms with van der Waals surface area (Å²) in [6.45, 7) is 0.